The number of fused-ring (bicyclic) bond motifs is 1. The molecule has 0 atom stereocenters. The van der Waals surface area contributed by atoms with Crippen molar-refractivity contribution >= 4 is 12.4 Å². The van der Waals surface area contributed by atoms with Crippen molar-refractivity contribution in [3.8, 4) is 0 Å². The van der Waals surface area contributed by atoms with Crippen LogP contribution in [0, 0.1) is 0 Å². The van der Waals surface area contributed by atoms with Crippen molar-refractivity contribution in [1.29, 1.82) is 0 Å². The fraction of sp³-hybridized carbons (Fsp3) is 0.286. The zero-order valence-corrected chi connectivity index (χ0v) is 6.23. The summed E-state index contributed by atoms with van der Waals surface area (Å²) in [5.74, 6) is 0. The minimum Gasteiger partial charge on any atom is -0.372 e. The third-order valence-electron chi connectivity index (χ3n) is 1.52. The van der Waals surface area contributed by atoms with E-state index in [0.717, 1.165) is 13.2 Å². The molecular weight excluding hydrogens is 150 g/mol. The maximum absolute atomic E-state index is 5.17. The molecular formula is C7H8ClNO. The molecule has 1 aromatic heterocycles. The van der Waals surface area contributed by atoms with E-state index < -0.39 is 0 Å². The average Bonchev–Trinajstić information content (AvgIpc) is 2.33. The monoisotopic (exact) mass is 157 g/mol. The van der Waals surface area contributed by atoms with Gasteiger partial charge in [-0.1, -0.05) is 0 Å². The van der Waals surface area contributed by atoms with Crippen LogP contribution in [0.15, 0.2) is 18.5 Å². The van der Waals surface area contributed by atoms with Crippen molar-refractivity contribution in [3.63, 3.8) is 0 Å². The summed E-state index contributed by atoms with van der Waals surface area (Å²) in [5.41, 5.74) is 2.52. The summed E-state index contributed by atoms with van der Waals surface area (Å²) in [6.07, 6.45) is 3.66. The fourth-order valence-corrected chi connectivity index (χ4v) is 0.998. The molecule has 0 saturated heterocycles. The normalized spacial score (nSPS) is 14.0. The van der Waals surface area contributed by atoms with E-state index in [2.05, 4.69) is 4.98 Å². The summed E-state index contributed by atoms with van der Waals surface area (Å²) in [6, 6.07) is 2.00. The first kappa shape index (κ1) is 7.51. The molecule has 10 heavy (non-hydrogen) atoms. The maximum Gasteiger partial charge on any atom is 0.0740 e. The number of aromatic nitrogens is 1. The highest BCUT2D eigenvalue weighted by Crippen LogP contribution is 2.16. The summed E-state index contributed by atoms with van der Waals surface area (Å²) >= 11 is 0. The van der Waals surface area contributed by atoms with Crippen LogP contribution in [0.25, 0.3) is 0 Å². The number of hydrogen-bond donors (Lipinski definition) is 0. The molecule has 0 amide bonds. The van der Waals surface area contributed by atoms with Gasteiger partial charge in [-0.25, -0.2) is 0 Å². The van der Waals surface area contributed by atoms with Crippen LogP contribution in [0.1, 0.15) is 11.1 Å². The first-order valence-electron chi connectivity index (χ1n) is 2.96. The molecule has 1 aromatic rings. The number of halogens is 1. The first-order chi connectivity index (χ1) is 4.47. The topological polar surface area (TPSA) is 22.1 Å². The van der Waals surface area contributed by atoms with Gasteiger partial charge in [0.05, 0.1) is 13.2 Å². The van der Waals surface area contributed by atoms with E-state index in [-0.39, 0.29) is 12.4 Å². The van der Waals surface area contributed by atoms with E-state index in [4.69, 9.17) is 4.74 Å². The van der Waals surface area contributed by atoms with E-state index in [1.807, 2.05) is 12.3 Å². The Balaban J connectivity index is 0.000000500. The van der Waals surface area contributed by atoms with Gasteiger partial charge >= 0.3 is 0 Å². The van der Waals surface area contributed by atoms with E-state index >= 15 is 0 Å². The lowest BCUT2D eigenvalue weighted by Gasteiger charge is -1.89. The second kappa shape index (κ2) is 2.99. The number of nitrogens with zero attached hydrogens (tertiary/aromatic N) is 1. The summed E-state index contributed by atoms with van der Waals surface area (Å²) in [6.45, 7) is 1.50. The molecule has 0 N–H and O–H groups in total. The van der Waals surface area contributed by atoms with Crippen LogP contribution in [0.4, 0.5) is 0 Å². The van der Waals surface area contributed by atoms with Gasteiger partial charge in [0.1, 0.15) is 0 Å². The number of hydrogen-bond acceptors (Lipinski definition) is 2. The predicted octanol–water partition coefficient (Wildman–Crippen LogP) is 1.53. The number of pyridine rings is 1. The lowest BCUT2D eigenvalue weighted by molar-refractivity contribution is 0.134. The van der Waals surface area contributed by atoms with Crippen LogP contribution in [0.3, 0.4) is 0 Å². The average molecular weight is 158 g/mol. The van der Waals surface area contributed by atoms with Gasteiger partial charge in [-0.15, -0.1) is 12.4 Å². The van der Waals surface area contributed by atoms with Gasteiger partial charge in [-0.3, -0.25) is 4.98 Å². The van der Waals surface area contributed by atoms with Gasteiger partial charge in [-0.05, 0) is 11.6 Å². The highest BCUT2D eigenvalue weighted by Gasteiger charge is 2.08. The van der Waals surface area contributed by atoms with Gasteiger partial charge in [0.25, 0.3) is 0 Å². The Morgan fingerprint density at radius 1 is 1.30 bits per heavy atom. The van der Waals surface area contributed by atoms with Crippen molar-refractivity contribution in [1.82, 2.24) is 4.98 Å². The molecule has 54 valence electrons. The van der Waals surface area contributed by atoms with E-state index in [1.54, 1.807) is 6.20 Å². The molecule has 0 fully saturated rings. The lowest BCUT2D eigenvalue weighted by atomic mass is 10.2. The van der Waals surface area contributed by atoms with Gasteiger partial charge < -0.3 is 4.74 Å². The molecule has 0 aromatic carbocycles. The smallest absolute Gasteiger partial charge is 0.0740 e. The zero-order valence-electron chi connectivity index (χ0n) is 5.41. The van der Waals surface area contributed by atoms with Gasteiger partial charge in [0.2, 0.25) is 0 Å². The fourth-order valence-electron chi connectivity index (χ4n) is 0.998. The molecule has 0 unspecified atom stereocenters. The van der Waals surface area contributed by atoms with Crippen molar-refractivity contribution < 1.29 is 4.74 Å². The molecule has 0 radical (unpaired) electrons. The summed E-state index contributed by atoms with van der Waals surface area (Å²) in [5, 5.41) is 0. The molecule has 0 aliphatic carbocycles. The lowest BCUT2D eigenvalue weighted by Crippen LogP contribution is -1.80. The Kier molecular flexibility index (Phi) is 2.25. The zero-order chi connectivity index (χ0) is 6.10. The van der Waals surface area contributed by atoms with E-state index in [1.165, 1.54) is 11.1 Å². The molecule has 2 nitrogen and oxygen atoms in total. The van der Waals surface area contributed by atoms with Crippen molar-refractivity contribution in [2.75, 3.05) is 0 Å². The van der Waals surface area contributed by atoms with E-state index in [9.17, 15) is 0 Å². The summed E-state index contributed by atoms with van der Waals surface area (Å²) < 4.78 is 5.17. The summed E-state index contributed by atoms with van der Waals surface area (Å²) in [7, 11) is 0. The van der Waals surface area contributed by atoms with Crippen LogP contribution < -0.4 is 0 Å². The Hall–Kier alpha value is -0.600. The van der Waals surface area contributed by atoms with E-state index in [0.29, 0.717) is 0 Å². The first-order valence-corrected chi connectivity index (χ1v) is 2.96. The van der Waals surface area contributed by atoms with Crippen LogP contribution in [0.2, 0.25) is 0 Å². The molecule has 0 saturated carbocycles. The second-order valence-electron chi connectivity index (χ2n) is 2.14. The Bertz CT molecular complexity index is 204. The highest BCUT2D eigenvalue weighted by molar-refractivity contribution is 5.85. The summed E-state index contributed by atoms with van der Waals surface area (Å²) in [4.78, 5) is 3.98. The quantitative estimate of drug-likeness (QED) is 0.570. The van der Waals surface area contributed by atoms with Crippen LogP contribution in [-0.4, -0.2) is 4.98 Å². The van der Waals surface area contributed by atoms with Crippen LogP contribution >= 0.6 is 12.4 Å². The van der Waals surface area contributed by atoms with Crippen molar-refractivity contribution in [2.45, 2.75) is 13.2 Å². The highest BCUT2D eigenvalue weighted by atomic mass is 35.5. The predicted molar refractivity (Wildman–Crippen MR) is 40.0 cm³/mol. The molecule has 1 aliphatic rings. The Morgan fingerprint density at radius 2 is 2.10 bits per heavy atom. The number of rotatable bonds is 0. The molecule has 0 bridgehead atoms. The van der Waals surface area contributed by atoms with Gasteiger partial charge in [0, 0.05) is 18.0 Å². The minimum absolute atomic E-state index is 0. The largest absolute Gasteiger partial charge is 0.372 e. The third kappa shape index (κ3) is 1.13. The van der Waals surface area contributed by atoms with Crippen LogP contribution in [-0.2, 0) is 18.0 Å². The third-order valence-corrected chi connectivity index (χ3v) is 1.52. The van der Waals surface area contributed by atoms with Gasteiger partial charge in [-0.2, -0.15) is 0 Å². The molecule has 3 heteroatoms. The molecule has 0 spiro atoms. The Labute approximate surface area is 65.6 Å². The SMILES string of the molecule is Cl.c1cc2c(cn1)COC2. The van der Waals surface area contributed by atoms with Gasteiger partial charge in [0.15, 0.2) is 0 Å². The number of ether oxygens (including phenoxy) is 1. The standard InChI is InChI=1S/C7H7NO.ClH/c1-2-8-3-7-5-9-4-6(1)7;/h1-3H,4-5H2;1H. The molecule has 2 rings (SSSR count). The Morgan fingerprint density at radius 3 is 2.90 bits per heavy atom. The second-order valence-corrected chi connectivity index (χ2v) is 2.14. The van der Waals surface area contributed by atoms with Crippen LogP contribution in [0.5, 0.6) is 0 Å². The maximum atomic E-state index is 5.17. The minimum atomic E-state index is 0. The van der Waals surface area contributed by atoms with Crippen molar-refractivity contribution in [2.24, 2.45) is 0 Å². The molecule has 2 heterocycles. The molecule has 1 aliphatic heterocycles. The van der Waals surface area contributed by atoms with Crippen molar-refractivity contribution in [3.05, 3.63) is 29.6 Å².